The van der Waals surface area contributed by atoms with Crippen LogP contribution in [0.1, 0.15) is 27.3 Å². The van der Waals surface area contributed by atoms with Gasteiger partial charge in [-0.2, -0.15) is 0 Å². The van der Waals surface area contributed by atoms with Crippen LogP contribution in [0.4, 0.5) is 0 Å². The molecule has 164 valence electrons. The van der Waals surface area contributed by atoms with E-state index in [4.69, 9.17) is 21.4 Å². The van der Waals surface area contributed by atoms with Gasteiger partial charge in [0.1, 0.15) is 10.6 Å². The van der Waals surface area contributed by atoms with Crippen molar-refractivity contribution in [3.63, 3.8) is 0 Å². The molecular formula is C24H21ClN2O4S. The predicted molar refractivity (Wildman–Crippen MR) is 128 cm³/mol. The standard InChI is InChI=1S/C24H21ClN2O4S/c1-14-3-10-18-20(13-14)32-23(22(18)25)24(30)26-27-16(7-12-21(28)29)6-11-19(27)15-4-8-17(31-2)9-5-15/h3-6,8-11,13H,7,12H2,1-2H3,(H,26,30)(H,28,29). The molecule has 0 aliphatic heterocycles. The van der Waals surface area contributed by atoms with Crippen molar-refractivity contribution >= 4 is 44.9 Å². The smallest absolute Gasteiger partial charge is 0.303 e. The molecule has 32 heavy (non-hydrogen) atoms. The molecule has 2 aromatic heterocycles. The molecule has 0 bridgehead atoms. The molecular weight excluding hydrogens is 448 g/mol. The number of nitrogens with zero attached hydrogens (tertiary/aromatic N) is 1. The topological polar surface area (TPSA) is 80.6 Å². The van der Waals surface area contributed by atoms with E-state index in [1.54, 1.807) is 11.8 Å². The highest BCUT2D eigenvalue weighted by Gasteiger charge is 2.20. The summed E-state index contributed by atoms with van der Waals surface area (Å²) in [7, 11) is 1.60. The average Bonchev–Trinajstić information content (AvgIpc) is 3.32. The third-order valence-electron chi connectivity index (χ3n) is 5.15. The van der Waals surface area contributed by atoms with Gasteiger partial charge in [0.05, 0.1) is 24.2 Å². The molecule has 8 heteroatoms. The number of aromatic nitrogens is 1. The minimum Gasteiger partial charge on any atom is -0.497 e. The van der Waals surface area contributed by atoms with Gasteiger partial charge in [-0.05, 0) is 55.0 Å². The lowest BCUT2D eigenvalue weighted by molar-refractivity contribution is -0.136. The summed E-state index contributed by atoms with van der Waals surface area (Å²) in [6, 6.07) is 17.0. The minimum atomic E-state index is -0.905. The molecule has 0 fully saturated rings. The second-order valence-corrected chi connectivity index (χ2v) is 8.78. The van der Waals surface area contributed by atoms with Gasteiger partial charge >= 0.3 is 5.97 Å². The van der Waals surface area contributed by atoms with Crippen LogP contribution in [0.3, 0.4) is 0 Å². The number of carbonyl (C=O) groups is 2. The summed E-state index contributed by atoms with van der Waals surface area (Å²) in [5, 5.41) is 10.4. The number of halogens is 1. The lowest BCUT2D eigenvalue weighted by Gasteiger charge is -2.15. The Kier molecular flexibility index (Phi) is 6.21. The van der Waals surface area contributed by atoms with Crippen LogP contribution in [0.15, 0.2) is 54.6 Å². The fourth-order valence-electron chi connectivity index (χ4n) is 3.50. The van der Waals surface area contributed by atoms with Crippen molar-refractivity contribution in [2.45, 2.75) is 19.8 Å². The zero-order chi connectivity index (χ0) is 22.8. The molecule has 0 spiro atoms. The van der Waals surface area contributed by atoms with Crippen molar-refractivity contribution in [1.29, 1.82) is 0 Å². The number of hydrogen-bond donors (Lipinski definition) is 2. The first-order valence-corrected chi connectivity index (χ1v) is 11.1. The predicted octanol–water partition coefficient (Wildman–Crippen LogP) is 5.74. The van der Waals surface area contributed by atoms with Crippen LogP contribution in [-0.2, 0) is 11.2 Å². The second kappa shape index (κ2) is 9.06. The number of rotatable bonds is 7. The highest BCUT2D eigenvalue weighted by Crippen LogP contribution is 2.36. The number of aryl methyl sites for hydroxylation is 2. The third kappa shape index (κ3) is 4.35. The van der Waals surface area contributed by atoms with Gasteiger partial charge in [0.15, 0.2) is 0 Å². The van der Waals surface area contributed by atoms with Gasteiger partial charge in [0.25, 0.3) is 5.91 Å². The number of benzene rings is 2. The number of aliphatic carboxylic acids is 1. The fraction of sp³-hybridized carbons (Fsp3) is 0.167. The number of carboxylic acids is 1. The Labute approximate surface area is 194 Å². The zero-order valence-electron chi connectivity index (χ0n) is 17.5. The van der Waals surface area contributed by atoms with Gasteiger partial charge in [0, 0.05) is 27.8 Å². The van der Waals surface area contributed by atoms with Crippen LogP contribution in [0.25, 0.3) is 21.3 Å². The van der Waals surface area contributed by atoms with Crippen molar-refractivity contribution in [3.8, 4) is 17.0 Å². The lowest BCUT2D eigenvalue weighted by Crippen LogP contribution is -2.25. The molecule has 0 unspecified atom stereocenters. The van der Waals surface area contributed by atoms with Crippen molar-refractivity contribution in [3.05, 3.63) is 75.8 Å². The molecule has 4 rings (SSSR count). The molecule has 4 aromatic rings. The van der Waals surface area contributed by atoms with E-state index in [2.05, 4.69) is 5.43 Å². The number of carboxylic acid groups (broad SMARTS) is 1. The number of nitrogens with one attached hydrogen (secondary N) is 1. The van der Waals surface area contributed by atoms with Crippen molar-refractivity contribution in [2.75, 3.05) is 12.5 Å². The SMILES string of the molecule is COc1ccc(-c2ccc(CCC(=O)O)n2NC(=O)c2sc3cc(C)ccc3c2Cl)cc1. The number of carbonyl (C=O) groups excluding carboxylic acids is 1. The molecule has 2 N–H and O–H groups in total. The molecule has 1 amide bonds. The molecule has 0 atom stereocenters. The van der Waals surface area contributed by atoms with E-state index < -0.39 is 5.97 Å². The van der Waals surface area contributed by atoms with E-state index in [1.807, 2.05) is 61.5 Å². The van der Waals surface area contributed by atoms with E-state index in [1.165, 1.54) is 11.3 Å². The Balaban J connectivity index is 1.72. The summed E-state index contributed by atoms with van der Waals surface area (Å²) >= 11 is 7.86. The number of ether oxygens (including phenoxy) is 1. The summed E-state index contributed by atoms with van der Waals surface area (Å²) in [4.78, 5) is 24.7. The number of fused-ring (bicyclic) bond motifs is 1. The molecule has 0 aliphatic rings. The van der Waals surface area contributed by atoms with Crippen LogP contribution in [-0.4, -0.2) is 28.8 Å². The Morgan fingerprint density at radius 3 is 2.56 bits per heavy atom. The van der Waals surface area contributed by atoms with Gasteiger partial charge in [-0.15, -0.1) is 11.3 Å². The average molecular weight is 469 g/mol. The van der Waals surface area contributed by atoms with Crippen LogP contribution < -0.4 is 10.2 Å². The third-order valence-corrected chi connectivity index (χ3v) is 6.80. The summed E-state index contributed by atoms with van der Waals surface area (Å²) in [5.74, 6) is -0.538. The van der Waals surface area contributed by atoms with E-state index in [0.29, 0.717) is 21.3 Å². The summed E-state index contributed by atoms with van der Waals surface area (Å²) in [6.07, 6.45) is 0.218. The number of methoxy groups -OCH3 is 1. The molecule has 0 saturated heterocycles. The maximum atomic E-state index is 13.2. The van der Waals surface area contributed by atoms with E-state index in [-0.39, 0.29) is 18.7 Å². The largest absolute Gasteiger partial charge is 0.497 e. The van der Waals surface area contributed by atoms with E-state index in [0.717, 1.165) is 26.9 Å². The highest BCUT2D eigenvalue weighted by molar-refractivity contribution is 7.21. The monoisotopic (exact) mass is 468 g/mol. The zero-order valence-corrected chi connectivity index (χ0v) is 19.1. The van der Waals surface area contributed by atoms with Crippen LogP contribution >= 0.6 is 22.9 Å². The van der Waals surface area contributed by atoms with Crippen molar-refractivity contribution in [2.24, 2.45) is 0 Å². The molecule has 0 radical (unpaired) electrons. The highest BCUT2D eigenvalue weighted by atomic mass is 35.5. The van der Waals surface area contributed by atoms with E-state index >= 15 is 0 Å². The van der Waals surface area contributed by atoms with E-state index in [9.17, 15) is 9.59 Å². The van der Waals surface area contributed by atoms with Crippen LogP contribution in [0.2, 0.25) is 5.02 Å². The molecule has 0 saturated carbocycles. The molecule has 0 aliphatic carbocycles. The minimum absolute atomic E-state index is 0.0507. The maximum absolute atomic E-state index is 13.2. The van der Waals surface area contributed by atoms with Crippen molar-refractivity contribution < 1.29 is 19.4 Å². The van der Waals surface area contributed by atoms with Gasteiger partial charge in [0.2, 0.25) is 0 Å². The van der Waals surface area contributed by atoms with Gasteiger partial charge < -0.3 is 9.84 Å². The lowest BCUT2D eigenvalue weighted by atomic mass is 10.1. The second-order valence-electron chi connectivity index (χ2n) is 7.35. The normalized spacial score (nSPS) is 11.0. The van der Waals surface area contributed by atoms with Gasteiger partial charge in [-0.1, -0.05) is 23.7 Å². The van der Waals surface area contributed by atoms with Crippen LogP contribution in [0.5, 0.6) is 5.75 Å². The Hall–Kier alpha value is -3.29. The molecule has 2 aromatic carbocycles. The first kappa shape index (κ1) is 21.9. The van der Waals surface area contributed by atoms with Crippen LogP contribution in [0, 0.1) is 6.92 Å². The Morgan fingerprint density at radius 2 is 1.88 bits per heavy atom. The van der Waals surface area contributed by atoms with Gasteiger partial charge in [-0.3, -0.25) is 19.7 Å². The first-order valence-electron chi connectivity index (χ1n) is 9.94. The molecule has 6 nitrogen and oxygen atoms in total. The maximum Gasteiger partial charge on any atom is 0.303 e. The first-order chi connectivity index (χ1) is 15.4. The summed E-state index contributed by atoms with van der Waals surface area (Å²) in [5.41, 5.74) is 6.27. The molecule has 2 heterocycles. The quantitative estimate of drug-likeness (QED) is 0.362. The number of thiophene rings is 1. The fourth-order valence-corrected chi connectivity index (χ4v) is 5.00. The Morgan fingerprint density at radius 1 is 1.12 bits per heavy atom. The number of hydrogen-bond acceptors (Lipinski definition) is 4. The summed E-state index contributed by atoms with van der Waals surface area (Å²) in [6.45, 7) is 1.99. The Bertz CT molecular complexity index is 1310. The van der Waals surface area contributed by atoms with Crippen molar-refractivity contribution in [1.82, 2.24) is 4.68 Å². The summed E-state index contributed by atoms with van der Waals surface area (Å²) < 4.78 is 7.80. The van der Waals surface area contributed by atoms with Gasteiger partial charge in [-0.25, -0.2) is 0 Å². The number of amides is 1.